The molecule has 0 amide bonds. The lowest BCUT2D eigenvalue weighted by atomic mass is 10.1. The van der Waals surface area contributed by atoms with Crippen molar-refractivity contribution in [2.45, 2.75) is 33.1 Å². The molecule has 0 bridgehead atoms. The van der Waals surface area contributed by atoms with Crippen LogP contribution in [0.4, 0.5) is 17.3 Å². The smallest absolute Gasteiger partial charge is 0.155 e. The third-order valence-corrected chi connectivity index (χ3v) is 5.17. The van der Waals surface area contributed by atoms with Crippen LogP contribution in [0.5, 0.6) is 0 Å². The van der Waals surface area contributed by atoms with Gasteiger partial charge in [-0.15, -0.1) is 0 Å². The maximum absolute atomic E-state index is 6.54. The zero-order chi connectivity index (χ0) is 18.8. The fourth-order valence-corrected chi connectivity index (χ4v) is 3.60. The Bertz CT molecular complexity index is 783. The van der Waals surface area contributed by atoms with Crippen LogP contribution in [-0.2, 0) is 6.42 Å². The third-order valence-electron chi connectivity index (χ3n) is 3.99. The summed E-state index contributed by atoms with van der Waals surface area (Å²) in [5.74, 6) is 2.94. The molecule has 0 aliphatic heterocycles. The van der Waals surface area contributed by atoms with Crippen LogP contribution < -0.4 is 10.6 Å². The Hall–Kier alpha value is -0.940. The van der Waals surface area contributed by atoms with Crippen molar-refractivity contribution in [2.75, 3.05) is 17.2 Å². The lowest BCUT2D eigenvalue weighted by Gasteiger charge is -2.16. The van der Waals surface area contributed by atoms with Crippen molar-refractivity contribution in [3.8, 4) is 0 Å². The zero-order valence-electron chi connectivity index (χ0n) is 14.5. The summed E-state index contributed by atoms with van der Waals surface area (Å²) in [5, 5.41) is 8.17. The second-order valence-electron chi connectivity index (χ2n) is 6.94. The monoisotopic (exact) mass is 432 g/mol. The van der Waals surface area contributed by atoms with Gasteiger partial charge in [0, 0.05) is 18.0 Å². The summed E-state index contributed by atoms with van der Waals surface area (Å²) in [7, 11) is 0. The first kappa shape index (κ1) is 19.8. The van der Waals surface area contributed by atoms with Gasteiger partial charge in [0.1, 0.15) is 10.8 Å². The SMILES string of the molecule is CC(C)Cc1nc(NCC2CC2)c(Cl)c(Nc2c(Cl)cc(Cl)cc2Cl)n1. The van der Waals surface area contributed by atoms with Crippen LogP contribution in [0.3, 0.4) is 0 Å². The number of hydrogen-bond acceptors (Lipinski definition) is 4. The minimum Gasteiger partial charge on any atom is -0.368 e. The fourth-order valence-electron chi connectivity index (χ4n) is 2.49. The zero-order valence-corrected chi connectivity index (χ0v) is 17.6. The molecule has 2 N–H and O–H groups in total. The van der Waals surface area contributed by atoms with Crippen molar-refractivity contribution in [2.24, 2.45) is 11.8 Å². The van der Waals surface area contributed by atoms with Crippen molar-refractivity contribution in [3.05, 3.63) is 38.0 Å². The summed E-state index contributed by atoms with van der Waals surface area (Å²) >= 11 is 25.1. The molecule has 8 heteroatoms. The van der Waals surface area contributed by atoms with Gasteiger partial charge in [0.2, 0.25) is 0 Å². The van der Waals surface area contributed by atoms with E-state index in [4.69, 9.17) is 46.4 Å². The predicted octanol–water partition coefficient (Wildman–Crippen LogP) is 6.85. The van der Waals surface area contributed by atoms with Crippen LogP contribution in [0.15, 0.2) is 12.1 Å². The number of nitrogens with zero attached hydrogens (tertiary/aromatic N) is 2. The van der Waals surface area contributed by atoms with Crippen molar-refractivity contribution in [1.29, 1.82) is 0 Å². The molecule has 0 radical (unpaired) electrons. The Labute approximate surface area is 173 Å². The molecule has 3 rings (SSSR count). The average molecular weight is 434 g/mol. The summed E-state index contributed by atoms with van der Waals surface area (Å²) < 4.78 is 0. The molecule has 1 heterocycles. The van der Waals surface area contributed by atoms with E-state index in [0.29, 0.717) is 55.1 Å². The summed E-state index contributed by atoms with van der Waals surface area (Å²) in [6, 6.07) is 3.24. The first-order valence-electron chi connectivity index (χ1n) is 8.55. The van der Waals surface area contributed by atoms with Crippen molar-refractivity contribution in [3.63, 3.8) is 0 Å². The molecule has 140 valence electrons. The number of rotatable bonds is 7. The first-order chi connectivity index (χ1) is 12.3. The largest absolute Gasteiger partial charge is 0.368 e. The van der Waals surface area contributed by atoms with Gasteiger partial charge in [-0.25, -0.2) is 9.97 Å². The van der Waals surface area contributed by atoms with Crippen LogP contribution in [0.2, 0.25) is 20.1 Å². The van der Waals surface area contributed by atoms with Crippen LogP contribution >= 0.6 is 46.4 Å². The number of nitrogens with one attached hydrogen (secondary N) is 2. The van der Waals surface area contributed by atoms with Gasteiger partial charge in [0.15, 0.2) is 11.6 Å². The van der Waals surface area contributed by atoms with E-state index in [9.17, 15) is 0 Å². The Kier molecular flexibility index (Phi) is 6.39. The molecule has 26 heavy (non-hydrogen) atoms. The van der Waals surface area contributed by atoms with Gasteiger partial charge in [-0.05, 0) is 36.8 Å². The van der Waals surface area contributed by atoms with E-state index >= 15 is 0 Å². The highest BCUT2D eigenvalue weighted by atomic mass is 35.5. The standard InChI is InChI=1S/C18H20Cl4N4/c1-9(2)5-14-24-17(23-8-10-3-4-10)15(22)18(25-14)26-16-12(20)6-11(19)7-13(16)21/h6-7,9-10H,3-5,8H2,1-2H3,(H2,23,24,25,26). The number of anilines is 3. The summed E-state index contributed by atoms with van der Waals surface area (Å²) in [6.07, 6.45) is 3.23. The molecule has 1 saturated carbocycles. The summed E-state index contributed by atoms with van der Waals surface area (Å²) in [5.41, 5.74) is 0.516. The summed E-state index contributed by atoms with van der Waals surface area (Å²) in [4.78, 5) is 9.16. The van der Waals surface area contributed by atoms with Gasteiger partial charge in [-0.3, -0.25) is 0 Å². The highest BCUT2D eigenvalue weighted by Gasteiger charge is 2.22. The second kappa shape index (κ2) is 8.39. The minimum absolute atomic E-state index is 0.398. The van der Waals surface area contributed by atoms with Gasteiger partial charge < -0.3 is 10.6 Å². The van der Waals surface area contributed by atoms with Crippen LogP contribution in [0, 0.1) is 11.8 Å². The van der Waals surface area contributed by atoms with E-state index in [1.54, 1.807) is 12.1 Å². The summed E-state index contributed by atoms with van der Waals surface area (Å²) in [6.45, 7) is 5.10. The quantitative estimate of drug-likeness (QED) is 0.500. The van der Waals surface area contributed by atoms with E-state index in [1.807, 2.05) is 0 Å². The van der Waals surface area contributed by atoms with E-state index in [1.165, 1.54) is 12.8 Å². The predicted molar refractivity (Wildman–Crippen MR) is 112 cm³/mol. The third kappa shape index (κ3) is 5.07. The Morgan fingerprint density at radius 2 is 1.65 bits per heavy atom. The fraction of sp³-hybridized carbons (Fsp3) is 0.444. The molecular weight excluding hydrogens is 414 g/mol. The molecular formula is C18H20Cl4N4. The van der Waals surface area contributed by atoms with Crippen molar-refractivity contribution < 1.29 is 0 Å². The van der Waals surface area contributed by atoms with E-state index in [-0.39, 0.29) is 0 Å². The van der Waals surface area contributed by atoms with Crippen LogP contribution in [0.25, 0.3) is 0 Å². The first-order valence-corrected chi connectivity index (χ1v) is 10.1. The van der Waals surface area contributed by atoms with E-state index in [2.05, 4.69) is 34.4 Å². The normalized spacial score (nSPS) is 14.0. The van der Waals surface area contributed by atoms with Gasteiger partial charge in [0.25, 0.3) is 0 Å². The van der Waals surface area contributed by atoms with Gasteiger partial charge in [0.05, 0.1) is 15.7 Å². The second-order valence-corrected chi connectivity index (χ2v) is 8.57. The molecule has 1 aliphatic carbocycles. The molecule has 0 atom stereocenters. The molecule has 4 nitrogen and oxygen atoms in total. The lowest BCUT2D eigenvalue weighted by Crippen LogP contribution is -2.11. The van der Waals surface area contributed by atoms with Crippen molar-refractivity contribution in [1.82, 2.24) is 9.97 Å². The number of halogens is 4. The Morgan fingerprint density at radius 3 is 2.23 bits per heavy atom. The van der Waals surface area contributed by atoms with Crippen LogP contribution in [-0.4, -0.2) is 16.5 Å². The molecule has 1 aromatic carbocycles. The molecule has 1 aliphatic rings. The van der Waals surface area contributed by atoms with Crippen molar-refractivity contribution >= 4 is 63.7 Å². The molecule has 0 saturated heterocycles. The molecule has 0 unspecified atom stereocenters. The molecule has 0 spiro atoms. The van der Waals surface area contributed by atoms with Gasteiger partial charge in [-0.1, -0.05) is 60.3 Å². The lowest BCUT2D eigenvalue weighted by molar-refractivity contribution is 0.621. The van der Waals surface area contributed by atoms with Gasteiger partial charge >= 0.3 is 0 Å². The van der Waals surface area contributed by atoms with Gasteiger partial charge in [-0.2, -0.15) is 0 Å². The molecule has 2 aromatic rings. The Morgan fingerprint density at radius 1 is 1.04 bits per heavy atom. The van der Waals surface area contributed by atoms with Crippen LogP contribution in [0.1, 0.15) is 32.5 Å². The number of hydrogen-bond donors (Lipinski definition) is 2. The Balaban J connectivity index is 1.94. The number of aromatic nitrogens is 2. The molecule has 1 fully saturated rings. The number of benzene rings is 1. The highest BCUT2D eigenvalue weighted by molar-refractivity contribution is 6.42. The maximum Gasteiger partial charge on any atom is 0.155 e. The van der Waals surface area contributed by atoms with E-state index < -0.39 is 0 Å². The highest BCUT2D eigenvalue weighted by Crippen LogP contribution is 2.38. The molecule has 1 aromatic heterocycles. The topological polar surface area (TPSA) is 49.8 Å². The average Bonchev–Trinajstić information content (AvgIpc) is 3.35. The maximum atomic E-state index is 6.54. The van der Waals surface area contributed by atoms with E-state index in [0.717, 1.165) is 13.0 Å². The minimum atomic E-state index is 0.398.